The summed E-state index contributed by atoms with van der Waals surface area (Å²) in [5.74, 6) is -3.64. The van der Waals surface area contributed by atoms with Gasteiger partial charge in [-0.3, -0.25) is 24.1 Å². The smallest absolute Gasteiger partial charge is 0.543 e. The molecule has 0 spiro atoms. The first-order valence-corrected chi connectivity index (χ1v) is 9.85. The molecule has 1 saturated heterocycles. The van der Waals surface area contributed by atoms with Crippen molar-refractivity contribution < 1.29 is 68.5 Å². The molecule has 0 saturated carbocycles. The van der Waals surface area contributed by atoms with E-state index in [-0.39, 0.29) is 64.3 Å². The number of nitrogens with zero attached hydrogens (tertiary/aromatic N) is 1. The molecule has 2 aliphatic rings. The monoisotopic (exact) mass is 456 g/mol. The van der Waals surface area contributed by atoms with Gasteiger partial charge in [-0.05, 0) is 0 Å². The molecule has 0 aromatic heterocycles. The number of esters is 1. The summed E-state index contributed by atoms with van der Waals surface area (Å²) >= 11 is 1.18. The van der Waals surface area contributed by atoms with Crippen LogP contribution in [0.15, 0.2) is 35.5 Å². The average Bonchev–Trinajstić information content (AvgIpc) is 2.74. The van der Waals surface area contributed by atoms with E-state index in [9.17, 15) is 34.2 Å². The number of carboxylic acids is 1. The van der Waals surface area contributed by atoms with Crippen LogP contribution in [0.4, 0.5) is 0 Å². The van der Waals surface area contributed by atoms with Crippen LogP contribution in [0.2, 0.25) is 0 Å². The van der Waals surface area contributed by atoms with Crippen LogP contribution in [-0.2, 0) is 23.9 Å². The number of rotatable bonds is 7. The van der Waals surface area contributed by atoms with Gasteiger partial charge in [0.05, 0.1) is 11.7 Å². The minimum absolute atomic E-state index is 0. The maximum Gasteiger partial charge on any atom is 1.00 e. The van der Waals surface area contributed by atoms with Gasteiger partial charge in [0.25, 0.3) is 11.8 Å². The maximum atomic E-state index is 12.5. The number of carboxylic acid groups (broad SMARTS) is 1. The second kappa shape index (κ2) is 10.4. The van der Waals surface area contributed by atoms with E-state index in [1.807, 2.05) is 0 Å². The van der Waals surface area contributed by atoms with Crippen molar-refractivity contribution in [3.63, 3.8) is 0 Å². The Balaban J connectivity index is 0.00000341. The first-order valence-electron chi connectivity index (χ1n) is 8.80. The summed E-state index contributed by atoms with van der Waals surface area (Å²) in [5, 5.41) is 23.5. The van der Waals surface area contributed by atoms with Crippen molar-refractivity contribution in [3.05, 3.63) is 46.7 Å². The Bertz CT molecular complexity index is 966. The normalized spacial score (nSPS) is 20.6. The minimum Gasteiger partial charge on any atom is -0.543 e. The molecule has 2 heterocycles. The van der Waals surface area contributed by atoms with E-state index < -0.39 is 41.3 Å². The maximum absolute atomic E-state index is 12.5. The second-order valence-electron chi connectivity index (χ2n) is 6.57. The number of aliphatic hydroxyl groups is 1. The van der Waals surface area contributed by atoms with Crippen LogP contribution in [0.3, 0.4) is 0 Å². The van der Waals surface area contributed by atoms with E-state index in [0.29, 0.717) is 6.29 Å². The van der Waals surface area contributed by atoms with Gasteiger partial charge in [0, 0.05) is 29.4 Å². The van der Waals surface area contributed by atoms with Crippen molar-refractivity contribution in [3.8, 4) is 0 Å². The summed E-state index contributed by atoms with van der Waals surface area (Å²) in [7, 11) is 0. The number of β-lactam (4-membered cyclic amide) rings is 1. The van der Waals surface area contributed by atoms with E-state index in [4.69, 9.17) is 4.74 Å². The van der Waals surface area contributed by atoms with E-state index in [1.54, 1.807) is 12.1 Å². The Kier molecular flexibility index (Phi) is 8.43. The summed E-state index contributed by atoms with van der Waals surface area (Å²) in [6.07, 6.45) is -1.18. The second-order valence-corrected chi connectivity index (χ2v) is 7.67. The van der Waals surface area contributed by atoms with Crippen molar-refractivity contribution in [2.24, 2.45) is 0 Å². The van der Waals surface area contributed by atoms with E-state index in [2.05, 4.69) is 5.32 Å². The van der Waals surface area contributed by atoms with Gasteiger partial charge in [0.2, 0.25) is 0 Å². The number of nitrogens with one attached hydrogen (secondary N) is 1. The van der Waals surface area contributed by atoms with Crippen molar-refractivity contribution in [1.82, 2.24) is 10.2 Å². The Labute approximate surface area is 203 Å². The number of carbonyl (C=O) groups excluding carboxylic acids is 5. The minimum atomic E-state index is -1.68. The molecule has 12 heteroatoms. The molecule has 1 fully saturated rings. The first-order chi connectivity index (χ1) is 14.3. The van der Waals surface area contributed by atoms with E-state index in [1.165, 1.54) is 30.8 Å². The summed E-state index contributed by atoms with van der Waals surface area (Å²) in [4.78, 5) is 59.6. The zero-order valence-electron chi connectivity index (χ0n) is 16.7. The van der Waals surface area contributed by atoms with Crippen LogP contribution in [-0.4, -0.2) is 63.8 Å². The molecule has 3 rings (SSSR count). The van der Waals surface area contributed by atoms with Crippen LogP contribution in [0.25, 0.3) is 0 Å². The Morgan fingerprint density at radius 2 is 2.06 bits per heavy atom. The summed E-state index contributed by atoms with van der Waals surface area (Å²) in [5.41, 5.74) is 0.0434. The van der Waals surface area contributed by atoms with Gasteiger partial charge >= 0.3 is 35.5 Å². The number of thioether (sulfide) groups is 1. The Hall–Kier alpha value is -2.18. The standard InChI is InChI=1S/C19H18N2O8S.Na/c1-9(23)29-7-11-8-30-18-13(17(26)21(18)14(11)19(27)28)20-16(25)15(24)12-5-3-2-4-10(12)6-22;/h2-6,13,15,18,24H,7-8H2,1H3,(H,20,25)(H,27,28);/q;+1/p-1/t13?,15?,18-;/m0./s1. The number of benzene rings is 1. The molecule has 2 unspecified atom stereocenters. The molecule has 31 heavy (non-hydrogen) atoms. The predicted molar refractivity (Wildman–Crippen MR) is 100 cm³/mol. The molecule has 158 valence electrons. The number of hydrogen-bond acceptors (Lipinski definition) is 9. The fraction of sp³-hybridized carbons (Fsp3) is 0.316. The van der Waals surface area contributed by atoms with Gasteiger partial charge in [-0.2, -0.15) is 0 Å². The molecular formula is C19H17N2NaO8S. The average molecular weight is 456 g/mol. The quantitative estimate of drug-likeness (QED) is 0.179. The number of carbonyl (C=O) groups is 5. The summed E-state index contributed by atoms with van der Waals surface area (Å²) in [6.45, 7) is 0.882. The van der Waals surface area contributed by atoms with E-state index >= 15 is 0 Å². The molecule has 1 aromatic carbocycles. The topological polar surface area (TPSA) is 153 Å². The van der Waals surface area contributed by atoms with Gasteiger partial charge in [-0.25, -0.2) is 0 Å². The van der Waals surface area contributed by atoms with Gasteiger partial charge in [0.15, 0.2) is 6.10 Å². The fourth-order valence-electron chi connectivity index (χ4n) is 3.21. The third-order valence-corrected chi connectivity index (χ3v) is 5.99. The molecule has 2 amide bonds. The number of hydrogen-bond donors (Lipinski definition) is 2. The molecule has 3 atom stereocenters. The van der Waals surface area contributed by atoms with Crippen LogP contribution >= 0.6 is 11.8 Å². The number of aldehydes is 1. The third-order valence-electron chi connectivity index (χ3n) is 4.65. The number of amides is 2. The van der Waals surface area contributed by atoms with Gasteiger partial charge in [0.1, 0.15) is 24.3 Å². The molecule has 10 nitrogen and oxygen atoms in total. The number of ether oxygens (including phenoxy) is 1. The SMILES string of the molecule is CC(=O)OCC1=C(C(=O)[O-])N2C(=O)C(NC(=O)C(O)c3ccccc3C=O)[C@@H]2SC1.[Na+]. The first kappa shape index (κ1) is 25.1. The fourth-order valence-corrected chi connectivity index (χ4v) is 4.54. The zero-order valence-corrected chi connectivity index (χ0v) is 19.5. The Morgan fingerprint density at radius 3 is 2.68 bits per heavy atom. The van der Waals surface area contributed by atoms with Crippen molar-refractivity contribution in [1.29, 1.82) is 0 Å². The molecule has 2 aliphatic heterocycles. The summed E-state index contributed by atoms with van der Waals surface area (Å²) < 4.78 is 4.83. The largest absolute Gasteiger partial charge is 1.00 e. The molecule has 2 N–H and O–H groups in total. The molecule has 0 radical (unpaired) electrons. The Morgan fingerprint density at radius 1 is 1.39 bits per heavy atom. The van der Waals surface area contributed by atoms with Crippen LogP contribution < -0.4 is 40.0 Å². The van der Waals surface area contributed by atoms with Crippen molar-refractivity contribution in [2.45, 2.75) is 24.4 Å². The molecule has 0 bridgehead atoms. The van der Waals surface area contributed by atoms with Gasteiger partial charge < -0.3 is 25.1 Å². The predicted octanol–water partition coefficient (Wildman–Crippen LogP) is -4.50. The zero-order chi connectivity index (χ0) is 22.0. The van der Waals surface area contributed by atoms with E-state index in [0.717, 1.165) is 4.90 Å². The molecule has 1 aromatic rings. The molecular weight excluding hydrogens is 439 g/mol. The van der Waals surface area contributed by atoms with Crippen LogP contribution in [0.5, 0.6) is 0 Å². The number of fused-ring (bicyclic) bond motifs is 1. The van der Waals surface area contributed by atoms with Crippen molar-refractivity contribution >= 4 is 41.8 Å². The summed E-state index contributed by atoms with van der Waals surface area (Å²) in [6, 6.07) is 4.91. The van der Waals surface area contributed by atoms with Gasteiger partial charge in [-0.1, -0.05) is 24.3 Å². The third kappa shape index (κ3) is 5.01. The van der Waals surface area contributed by atoms with Crippen molar-refractivity contribution in [2.75, 3.05) is 12.4 Å². The molecule has 0 aliphatic carbocycles. The van der Waals surface area contributed by atoms with Gasteiger partial charge in [-0.15, -0.1) is 11.8 Å². The van der Waals surface area contributed by atoms with Crippen LogP contribution in [0, 0.1) is 0 Å². The van der Waals surface area contributed by atoms with Crippen LogP contribution in [0.1, 0.15) is 28.9 Å². The number of aliphatic carboxylic acids is 1. The number of aliphatic hydroxyl groups excluding tert-OH is 1.